The average Bonchev–Trinajstić information content (AvgIpc) is 2.99. The number of likely N-dealkylation sites (N-methyl/N-ethyl adjacent to an activating group) is 1. The van der Waals surface area contributed by atoms with Crippen LogP contribution in [0.1, 0.15) is 17.1 Å². The van der Waals surface area contributed by atoms with Crippen LogP contribution in [0.4, 0.5) is 4.39 Å². The van der Waals surface area contributed by atoms with Gasteiger partial charge in [-0.2, -0.15) is 5.10 Å². The van der Waals surface area contributed by atoms with Crippen molar-refractivity contribution >= 4 is 11.4 Å². The first kappa shape index (κ1) is 16.2. The first-order valence-corrected chi connectivity index (χ1v) is 8.07. The molecule has 1 aliphatic heterocycles. The Hall–Kier alpha value is -3.26. The van der Waals surface area contributed by atoms with Gasteiger partial charge in [0.25, 0.3) is 0 Å². The molecule has 0 bridgehead atoms. The number of rotatable bonds is 3. The van der Waals surface area contributed by atoms with E-state index in [1.54, 1.807) is 40.9 Å². The number of hydrogen-bond acceptors (Lipinski definition) is 6. The van der Waals surface area contributed by atoms with E-state index < -0.39 is 6.17 Å². The molecule has 0 aliphatic carbocycles. The molecule has 1 radical (unpaired) electrons. The van der Waals surface area contributed by atoms with Crippen LogP contribution in [0.15, 0.2) is 53.4 Å². The van der Waals surface area contributed by atoms with Crippen molar-refractivity contribution in [3.8, 4) is 0 Å². The molecule has 2 aromatic heterocycles. The van der Waals surface area contributed by atoms with E-state index in [0.717, 1.165) is 5.52 Å². The second-order valence-corrected chi connectivity index (χ2v) is 5.99. The van der Waals surface area contributed by atoms with E-state index >= 15 is 0 Å². The van der Waals surface area contributed by atoms with Gasteiger partial charge in [-0.3, -0.25) is 0 Å². The third kappa shape index (κ3) is 2.70. The van der Waals surface area contributed by atoms with Crippen molar-refractivity contribution in [2.24, 2.45) is 16.5 Å². The van der Waals surface area contributed by atoms with Gasteiger partial charge in [0, 0.05) is 25.7 Å². The minimum absolute atomic E-state index is 0.214. The van der Waals surface area contributed by atoms with E-state index in [9.17, 15) is 4.39 Å². The third-order valence-corrected chi connectivity index (χ3v) is 4.27. The van der Waals surface area contributed by atoms with Crippen LogP contribution in [0.3, 0.4) is 0 Å². The quantitative estimate of drug-likeness (QED) is 0.735. The van der Waals surface area contributed by atoms with Crippen LogP contribution in [0, 0.1) is 11.9 Å². The van der Waals surface area contributed by atoms with Crippen LogP contribution in [-0.4, -0.2) is 38.5 Å². The maximum absolute atomic E-state index is 14.1. The van der Waals surface area contributed by atoms with Gasteiger partial charge in [0.2, 0.25) is 0 Å². The molecule has 0 fully saturated rings. The maximum Gasteiger partial charge on any atom is 0.160 e. The van der Waals surface area contributed by atoms with E-state index in [-0.39, 0.29) is 11.6 Å². The molecule has 7 nitrogen and oxygen atoms in total. The van der Waals surface area contributed by atoms with E-state index in [2.05, 4.69) is 21.2 Å². The standard InChI is InChI=1S/C18H17FN7/c1-25-15(21)10-14(20)23-18(25)17-13-7-4-8-22-26(13)16(24-17)9-11-5-2-3-6-12(11)19/h2-8,15H,9,20-21H2,1H3. The molecular formula is C18H17FN7. The zero-order chi connectivity index (χ0) is 18.3. The predicted octanol–water partition coefficient (Wildman–Crippen LogP) is 1.04. The molecule has 4 N–H and O–H groups in total. The minimum atomic E-state index is -0.522. The van der Waals surface area contributed by atoms with E-state index in [4.69, 9.17) is 11.5 Å². The van der Waals surface area contributed by atoms with Crippen LogP contribution in [0.25, 0.3) is 5.52 Å². The highest BCUT2D eigenvalue weighted by Gasteiger charge is 2.25. The summed E-state index contributed by atoms with van der Waals surface area (Å²) in [5.41, 5.74) is 13.7. The van der Waals surface area contributed by atoms with Gasteiger partial charge in [0.1, 0.15) is 29.3 Å². The lowest BCUT2D eigenvalue weighted by Crippen LogP contribution is -2.45. The maximum atomic E-state index is 14.1. The lowest BCUT2D eigenvalue weighted by atomic mass is 10.1. The van der Waals surface area contributed by atoms with Crippen molar-refractivity contribution in [2.45, 2.75) is 12.6 Å². The fourth-order valence-electron chi connectivity index (χ4n) is 2.91. The Bertz CT molecular complexity index is 1040. The summed E-state index contributed by atoms with van der Waals surface area (Å²) in [6.45, 7) is 0. The fourth-order valence-corrected chi connectivity index (χ4v) is 2.91. The normalized spacial score (nSPS) is 17.3. The number of imidazole rings is 1. The Morgan fingerprint density at radius 1 is 1.23 bits per heavy atom. The number of aromatic nitrogens is 3. The summed E-state index contributed by atoms with van der Waals surface area (Å²) < 4.78 is 15.7. The first-order chi connectivity index (χ1) is 12.5. The Morgan fingerprint density at radius 2 is 2.04 bits per heavy atom. The predicted molar refractivity (Wildman–Crippen MR) is 95.4 cm³/mol. The monoisotopic (exact) mass is 350 g/mol. The summed E-state index contributed by atoms with van der Waals surface area (Å²) in [5.74, 6) is 1.06. The molecule has 131 valence electrons. The molecule has 0 saturated heterocycles. The molecule has 26 heavy (non-hydrogen) atoms. The number of hydrogen-bond donors (Lipinski definition) is 2. The zero-order valence-corrected chi connectivity index (χ0v) is 14.1. The van der Waals surface area contributed by atoms with E-state index in [1.807, 2.05) is 12.1 Å². The summed E-state index contributed by atoms with van der Waals surface area (Å²) in [5, 5.41) is 4.36. The third-order valence-electron chi connectivity index (χ3n) is 4.27. The number of amidine groups is 1. The molecule has 3 aromatic rings. The van der Waals surface area contributed by atoms with Crippen molar-refractivity contribution in [3.05, 3.63) is 77.4 Å². The average molecular weight is 350 g/mol. The van der Waals surface area contributed by atoms with Crippen molar-refractivity contribution in [1.82, 2.24) is 19.5 Å². The summed E-state index contributed by atoms with van der Waals surface area (Å²) in [7, 11) is 1.79. The van der Waals surface area contributed by atoms with Gasteiger partial charge in [0.05, 0.1) is 5.52 Å². The van der Waals surface area contributed by atoms with Gasteiger partial charge >= 0.3 is 0 Å². The molecular weight excluding hydrogens is 333 g/mol. The number of aliphatic imine (C=N–C) groups is 1. The Labute approximate surface area is 149 Å². The lowest BCUT2D eigenvalue weighted by molar-refractivity contribution is 0.416. The van der Waals surface area contributed by atoms with Crippen LogP contribution < -0.4 is 11.5 Å². The van der Waals surface area contributed by atoms with Crippen LogP contribution in [0.5, 0.6) is 0 Å². The molecule has 4 rings (SSSR count). The number of nitrogens with two attached hydrogens (primary N) is 2. The number of fused-ring (bicyclic) bond motifs is 1. The molecule has 1 unspecified atom stereocenters. The van der Waals surface area contributed by atoms with Crippen molar-refractivity contribution < 1.29 is 4.39 Å². The SMILES string of the molecule is CN1C(c2nc(Cc3ccccc3F)n3ncccc23)=NC(N)=[C]C1N. The number of halogens is 1. The molecule has 0 spiro atoms. The second kappa shape index (κ2) is 6.23. The van der Waals surface area contributed by atoms with Gasteiger partial charge in [0.15, 0.2) is 5.84 Å². The summed E-state index contributed by atoms with van der Waals surface area (Å²) in [6.07, 6.45) is 4.27. The van der Waals surface area contributed by atoms with Gasteiger partial charge in [-0.1, -0.05) is 18.2 Å². The molecule has 1 atom stereocenters. The van der Waals surface area contributed by atoms with Crippen LogP contribution in [0.2, 0.25) is 0 Å². The Balaban J connectivity index is 1.85. The smallest absolute Gasteiger partial charge is 0.160 e. The highest BCUT2D eigenvalue weighted by atomic mass is 19.1. The molecule has 1 aliphatic rings. The summed E-state index contributed by atoms with van der Waals surface area (Å²) in [4.78, 5) is 10.8. The van der Waals surface area contributed by atoms with E-state index in [1.165, 1.54) is 6.07 Å². The molecule has 0 amide bonds. The van der Waals surface area contributed by atoms with Crippen LogP contribution in [-0.2, 0) is 6.42 Å². The van der Waals surface area contributed by atoms with Crippen LogP contribution >= 0.6 is 0 Å². The molecule has 3 heterocycles. The van der Waals surface area contributed by atoms with Gasteiger partial charge in [-0.15, -0.1) is 0 Å². The molecule has 1 aromatic carbocycles. The Kier molecular flexibility index (Phi) is 3.89. The topological polar surface area (TPSA) is 97.8 Å². The minimum Gasteiger partial charge on any atom is -0.383 e. The summed E-state index contributed by atoms with van der Waals surface area (Å²) >= 11 is 0. The van der Waals surface area contributed by atoms with Crippen molar-refractivity contribution in [2.75, 3.05) is 7.05 Å². The summed E-state index contributed by atoms with van der Waals surface area (Å²) in [6, 6.07) is 10.3. The highest BCUT2D eigenvalue weighted by Crippen LogP contribution is 2.20. The first-order valence-electron chi connectivity index (χ1n) is 8.07. The van der Waals surface area contributed by atoms with Gasteiger partial charge < -0.3 is 16.4 Å². The molecule has 8 heteroatoms. The zero-order valence-electron chi connectivity index (χ0n) is 14.1. The second-order valence-electron chi connectivity index (χ2n) is 5.99. The number of benzene rings is 1. The van der Waals surface area contributed by atoms with Crippen molar-refractivity contribution in [1.29, 1.82) is 0 Å². The van der Waals surface area contributed by atoms with Gasteiger partial charge in [-0.25, -0.2) is 18.9 Å². The van der Waals surface area contributed by atoms with E-state index in [0.29, 0.717) is 29.3 Å². The Morgan fingerprint density at radius 3 is 2.85 bits per heavy atom. The van der Waals surface area contributed by atoms with Crippen molar-refractivity contribution in [3.63, 3.8) is 0 Å². The largest absolute Gasteiger partial charge is 0.383 e. The molecule has 0 saturated carbocycles. The fraction of sp³-hybridized carbons (Fsp3) is 0.167. The van der Waals surface area contributed by atoms with Gasteiger partial charge in [-0.05, 0) is 23.8 Å². The highest BCUT2D eigenvalue weighted by molar-refractivity contribution is 6.03. The lowest BCUT2D eigenvalue weighted by Gasteiger charge is -2.27. The number of nitrogens with zero attached hydrogens (tertiary/aromatic N) is 5.